The lowest BCUT2D eigenvalue weighted by molar-refractivity contribution is 0.674. The first-order chi connectivity index (χ1) is 6.25. The molecule has 2 atom stereocenters. The van der Waals surface area contributed by atoms with Crippen LogP contribution >= 0.6 is 15.9 Å². The fourth-order valence-electron chi connectivity index (χ4n) is 2.08. The highest BCUT2D eigenvalue weighted by atomic mass is 79.9. The van der Waals surface area contributed by atoms with E-state index in [1.165, 1.54) is 22.9 Å². The topological polar surface area (TPSA) is 26.0 Å². The lowest BCUT2D eigenvalue weighted by atomic mass is 9.98. The van der Waals surface area contributed by atoms with Gasteiger partial charge in [0.2, 0.25) is 0 Å². The summed E-state index contributed by atoms with van der Waals surface area (Å²) >= 11 is 3.49. The summed E-state index contributed by atoms with van der Waals surface area (Å²) in [5.41, 5.74) is 7.32. The second kappa shape index (κ2) is 3.81. The van der Waals surface area contributed by atoms with E-state index in [0.717, 1.165) is 6.42 Å². The minimum absolute atomic E-state index is 0.420. The standard InChI is InChI=1S/C11H14BrN/c12-10-3-1-2-8(6-10)9-4-5-11(13)7-9/h1-3,6,9,11H,4-5,7,13H2/t9-,11+/m0/s1. The number of hydrogen-bond donors (Lipinski definition) is 1. The van der Waals surface area contributed by atoms with Gasteiger partial charge in [-0.2, -0.15) is 0 Å². The van der Waals surface area contributed by atoms with E-state index in [1.54, 1.807) is 0 Å². The number of rotatable bonds is 1. The van der Waals surface area contributed by atoms with Crippen LogP contribution in [0.5, 0.6) is 0 Å². The lowest BCUT2D eigenvalue weighted by Crippen LogP contribution is -2.14. The van der Waals surface area contributed by atoms with Crippen LogP contribution in [0.4, 0.5) is 0 Å². The minimum atomic E-state index is 0.420. The van der Waals surface area contributed by atoms with E-state index in [0.29, 0.717) is 12.0 Å². The molecule has 0 saturated heterocycles. The van der Waals surface area contributed by atoms with Gasteiger partial charge in [0.1, 0.15) is 0 Å². The van der Waals surface area contributed by atoms with Crippen LogP contribution in [-0.4, -0.2) is 6.04 Å². The molecule has 70 valence electrons. The minimum Gasteiger partial charge on any atom is -0.328 e. The van der Waals surface area contributed by atoms with Gasteiger partial charge in [0, 0.05) is 10.5 Å². The van der Waals surface area contributed by atoms with Crippen LogP contribution in [-0.2, 0) is 0 Å². The third-order valence-electron chi connectivity index (χ3n) is 2.79. The summed E-state index contributed by atoms with van der Waals surface area (Å²) in [6.07, 6.45) is 3.57. The Bertz CT molecular complexity index is 298. The van der Waals surface area contributed by atoms with E-state index in [-0.39, 0.29) is 0 Å². The molecule has 0 heterocycles. The molecule has 1 nitrogen and oxygen atoms in total. The van der Waals surface area contributed by atoms with Crippen LogP contribution in [0.15, 0.2) is 28.7 Å². The molecule has 1 aromatic carbocycles. The van der Waals surface area contributed by atoms with Gasteiger partial charge < -0.3 is 5.73 Å². The molecule has 0 bridgehead atoms. The van der Waals surface area contributed by atoms with E-state index >= 15 is 0 Å². The van der Waals surface area contributed by atoms with Gasteiger partial charge in [0.05, 0.1) is 0 Å². The molecule has 1 aromatic rings. The van der Waals surface area contributed by atoms with Crippen LogP contribution in [0.1, 0.15) is 30.7 Å². The molecule has 2 rings (SSSR count). The molecule has 1 fully saturated rings. The Morgan fingerprint density at radius 2 is 2.15 bits per heavy atom. The summed E-state index contributed by atoms with van der Waals surface area (Å²) in [6.45, 7) is 0. The Labute approximate surface area is 87.5 Å². The Morgan fingerprint density at radius 1 is 1.31 bits per heavy atom. The van der Waals surface area contributed by atoms with Crippen molar-refractivity contribution in [3.05, 3.63) is 34.3 Å². The first-order valence-corrected chi connectivity index (χ1v) is 5.56. The zero-order valence-corrected chi connectivity index (χ0v) is 9.13. The summed E-state index contributed by atoms with van der Waals surface area (Å²) in [5, 5.41) is 0. The molecular formula is C11H14BrN. The van der Waals surface area contributed by atoms with Gasteiger partial charge in [0.25, 0.3) is 0 Å². The smallest absolute Gasteiger partial charge is 0.0178 e. The second-order valence-electron chi connectivity index (χ2n) is 3.83. The van der Waals surface area contributed by atoms with Crippen LogP contribution < -0.4 is 5.73 Å². The van der Waals surface area contributed by atoms with Crippen molar-refractivity contribution in [1.29, 1.82) is 0 Å². The van der Waals surface area contributed by atoms with Gasteiger partial charge >= 0.3 is 0 Å². The second-order valence-corrected chi connectivity index (χ2v) is 4.74. The predicted octanol–water partition coefficient (Wildman–Crippen LogP) is 3.04. The third-order valence-corrected chi connectivity index (χ3v) is 3.29. The maximum absolute atomic E-state index is 5.89. The summed E-state index contributed by atoms with van der Waals surface area (Å²) in [4.78, 5) is 0. The van der Waals surface area contributed by atoms with Crippen LogP contribution in [0.3, 0.4) is 0 Å². The van der Waals surface area contributed by atoms with Gasteiger partial charge in [-0.05, 0) is 42.9 Å². The van der Waals surface area contributed by atoms with Gasteiger partial charge in [0.15, 0.2) is 0 Å². The van der Waals surface area contributed by atoms with Gasteiger partial charge in [-0.1, -0.05) is 28.1 Å². The van der Waals surface area contributed by atoms with Crippen molar-refractivity contribution in [2.24, 2.45) is 5.73 Å². The quantitative estimate of drug-likeness (QED) is 0.802. The molecule has 0 unspecified atom stereocenters. The van der Waals surface area contributed by atoms with E-state index in [2.05, 4.69) is 40.2 Å². The summed E-state index contributed by atoms with van der Waals surface area (Å²) in [7, 11) is 0. The van der Waals surface area contributed by atoms with Gasteiger partial charge in [-0.15, -0.1) is 0 Å². The highest BCUT2D eigenvalue weighted by Gasteiger charge is 2.22. The van der Waals surface area contributed by atoms with Crippen molar-refractivity contribution < 1.29 is 0 Å². The number of hydrogen-bond acceptors (Lipinski definition) is 1. The molecule has 0 aliphatic heterocycles. The molecule has 1 aliphatic rings. The van der Waals surface area contributed by atoms with E-state index in [1.807, 2.05) is 0 Å². The van der Waals surface area contributed by atoms with E-state index in [9.17, 15) is 0 Å². The largest absolute Gasteiger partial charge is 0.328 e. The first kappa shape index (κ1) is 9.22. The van der Waals surface area contributed by atoms with Crippen molar-refractivity contribution in [3.8, 4) is 0 Å². The Morgan fingerprint density at radius 3 is 2.77 bits per heavy atom. The number of benzene rings is 1. The number of nitrogens with two attached hydrogens (primary N) is 1. The fourth-order valence-corrected chi connectivity index (χ4v) is 2.50. The van der Waals surface area contributed by atoms with E-state index < -0.39 is 0 Å². The third kappa shape index (κ3) is 2.12. The average molecular weight is 240 g/mol. The van der Waals surface area contributed by atoms with Crippen LogP contribution in [0.2, 0.25) is 0 Å². The van der Waals surface area contributed by atoms with Crippen LogP contribution in [0.25, 0.3) is 0 Å². The molecule has 0 radical (unpaired) electrons. The first-order valence-electron chi connectivity index (χ1n) is 4.77. The Hall–Kier alpha value is -0.340. The zero-order valence-electron chi connectivity index (χ0n) is 7.54. The molecule has 0 amide bonds. The van der Waals surface area contributed by atoms with Crippen molar-refractivity contribution in [2.75, 3.05) is 0 Å². The summed E-state index contributed by atoms with van der Waals surface area (Å²) < 4.78 is 1.17. The Balaban J connectivity index is 2.16. The molecule has 2 heteroatoms. The maximum Gasteiger partial charge on any atom is 0.0178 e. The molecule has 1 saturated carbocycles. The Kier molecular flexibility index (Phi) is 2.70. The van der Waals surface area contributed by atoms with E-state index in [4.69, 9.17) is 5.73 Å². The predicted molar refractivity (Wildman–Crippen MR) is 58.7 cm³/mol. The molecule has 0 spiro atoms. The zero-order chi connectivity index (χ0) is 9.26. The highest BCUT2D eigenvalue weighted by molar-refractivity contribution is 9.10. The van der Waals surface area contributed by atoms with Gasteiger partial charge in [-0.3, -0.25) is 0 Å². The van der Waals surface area contributed by atoms with Gasteiger partial charge in [-0.25, -0.2) is 0 Å². The van der Waals surface area contributed by atoms with Crippen molar-refractivity contribution in [1.82, 2.24) is 0 Å². The summed E-state index contributed by atoms with van der Waals surface area (Å²) in [5.74, 6) is 0.687. The molecule has 13 heavy (non-hydrogen) atoms. The fraction of sp³-hybridized carbons (Fsp3) is 0.455. The summed E-state index contributed by atoms with van der Waals surface area (Å²) in [6, 6.07) is 9.00. The van der Waals surface area contributed by atoms with Crippen LogP contribution in [0, 0.1) is 0 Å². The average Bonchev–Trinajstić information content (AvgIpc) is 2.52. The number of halogens is 1. The van der Waals surface area contributed by atoms with Crippen molar-refractivity contribution in [2.45, 2.75) is 31.2 Å². The molecule has 1 aliphatic carbocycles. The SMILES string of the molecule is N[C@@H]1CC[C@H](c2cccc(Br)c2)C1. The monoisotopic (exact) mass is 239 g/mol. The maximum atomic E-state index is 5.89. The molecule has 0 aromatic heterocycles. The normalized spacial score (nSPS) is 27.8. The molecular weight excluding hydrogens is 226 g/mol. The van der Waals surface area contributed by atoms with Crippen molar-refractivity contribution >= 4 is 15.9 Å². The molecule has 2 N–H and O–H groups in total. The lowest BCUT2D eigenvalue weighted by Gasteiger charge is -2.09. The van der Waals surface area contributed by atoms with Crippen molar-refractivity contribution in [3.63, 3.8) is 0 Å². The highest BCUT2D eigenvalue weighted by Crippen LogP contribution is 2.34.